The third-order valence-corrected chi connectivity index (χ3v) is 5.08. The van der Waals surface area contributed by atoms with Crippen molar-refractivity contribution in [1.29, 1.82) is 0 Å². The Morgan fingerprint density at radius 2 is 1.87 bits per heavy atom. The van der Waals surface area contributed by atoms with Gasteiger partial charge in [0.2, 0.25) is 5.91 Å². The number of carbonyl (C=O) groups is 2. The first-order chi connectivity index (χ1) is 14.3. The molecule has 0 saturated heterocycles. The Morgan fingerprint density at radius 3 is 2.50 bits per heavy atom. The topological polar surface area (TPSA) is 55.8 Å². The number of hydrogen-bond donors (Lipinski definition) is 0. The van der Waals surface area contributed by atoms with Crippen molar-refractivity contribution >= 4 is 11.9 Å². The Kier molecular flexibility index (Phi) is 6.50. The van der Waals surface area contributed by atoms with Gasteiger partial charge >= 0.3 is 5.97 Å². The van der Waals surface area contributed by atoms with E-state index in [1.165, 1.54) is 17.0 Å². The lowest BCUT2D eigenvalue weighted by atomic mass is 9.83. The van der Waals surface area contributed by atoms with Gasteiger partial charge in [-0.05, 0) is 49.2 Å². The molecule has 0 aliphatic carbocycles. The van der Waals surface area contributed by atoms with E-state index in [1.807, 2.05) is 6.07 Å². The summed E-state index contributed by atoms with van der Waals surface area (Å²) in [6, 6.07) is 10.3. The van der Waals surface area contributed by atoms with Crippen LogP contribution in [0.25, 0.3) is 0 Å². The van der Waals surface area contributed by atoms with Crippen LogP contribution < -0.4 is 4.74 Å². The molecule has 2 aromatic rings. The third kappa shape index (κ3) is 4.50. The molecule has 0 fully saturated rings. The smallest absolute Gasteiger partial charge is 0.336 e. The summed E-state index contributed by atoms with van der Waals surface area (Å²) in [4.78, 5) is 27.1. The molecule has 2 aromatic carbocycles. The van der Waals surface area contributed by atoms with Gasteiger partial charge in [-0.1, -0.05) is 12.1 Å². The number of carbonyl (C=O) groups excluding carboxylic acids is 2. The van der Waals surface area contributed by atoms with Crippen LogP contribution in [0.15, 0.2) is 53.7 Å². The Morgan fingerprint density at radius 1 is 1.17 bits per heavy atom. The van der Waals surface area contributed by atoms with Crippen LogP contribution in [-0.2, 0) is 20.9 Å². The number of methoxy groups -OCH3 is 1. The van der Waals surface area contributed by atoms with Crippen LogP contribution >= 0.6 is 0 Å². The second-order valence-corrected chi connectivity index (χ2v) is 7.01. The molecular formula is C23H23F2NO4. The summed E-state index contributed by atoms with van der Waals surface area (Å²) in [5.74, 6) is -2.12. The minimum absolute atomic E-state index is 0.0243. The summed E-state index contributed by atoms with van der Waals surface area (Å²) in [5, 5.41) is 0. The number of nitrogens with zero attached hydrogens (tertiary/aromatic N) is 1. The summed E-state index contributed by atoms with van der Waals surface area (Å²) in [6.07, 6.45) is 0.0243. The highest BCUT2D eigenvalue weighted by atomic mass is 19.1. The molecule has 1 unspecified atom stereocenters. The number of ether oxygens (including phenoxy) is 2. The summed E-state index contributed by atoms with van der Waals surface area (Å²) in [6.45, 7) is 3.48. The molecule has 0 spiro atoms. The van der Waals surface area contributed by atoms with Gasteiger partial charge in [0, 0.05) is 24.1 Å². The highest BCUT2D eigenvalue weighted by molar-refractivity contribution is 5.95. The number of rotatable bonds is 6. The molecule has 5 nitrogen and oxygen atoms in total. The zero-order chi connectivity index (χ0) is 21.8. The average Bonchev–Trinajstić information content (AvgIpc) is 2.70. The van der Waals surface area contributed by atoms with Crippen molar-refractivity contribution in [2.45, 2.75) is 32.7 Å². The first kappa shape index (κ1) is 21.5. The van der Waals surface area contributed by atoms with E-state index < -0.39 is 23.5 Å². The maximum Gasteiger partial charge on any atom is 0.336 e. The van der Waals surface area contributed by atoms with E-state index in [2.05, 4.69) is 0 Å². The van der Waals surface area contributed by atoms with E-state index in [4.69, 9.17) is 9.47 Å². The van der Waals surface area contributed by atoms with E-state index in [0.717, 1.165) is 11.6 Å². The van der Waals surface area contributed by atoms with E-state index in [9.17, 15) is 18.4 Å². The molecule has 0 aromatic heterocycles. The molecule has 30 heavy (non-hydrogen) atoms. The van der Waals surface area contributed by atoms with Crippen molar-refractivity contribution in [2.75, 3.05) is 13.7 Å². The first-order valence-electron chi connectivity index (χ1n) is 9.61. The third-order valence-electron chi connectivity index (χ3n) is 5.08. The second-order valence-electron chi connectivity index (χ2n) is 7.01. The number of benzene rings is 2. The molecule has 0 N–H and O–H groups in total. The van der Waals surface area contributed by atoms with Crippen molar-refractivity contribution in [3.63, 3.8) is 0 Å². The van der Waals surface area contributed by atoms with Gasteiger partial charge < -0.3 is 14.4 Å². The van der Waals surface area contributed by atoms with Gasteiger partial charge in [-0.25, -0.2) is 13.6 Å². The van der Waals surface area contributed by atoms with Crippen LogP contribution in [0, 0.1) is 11.6 Å². The molecular weight excluding hydrogens is 392 g/mol. The Bertz CT molecular complexity index is 982. The second kappa shape index (κ2) is 9.07. The summed E-state index contributed by atoms with van der Waals surface area (Å²) >= 11 is 0. The van der Waals surface area contributed by atoms with Gasteiger partial charge in [-0.15, -0.1) is 0 Å². The monoisotopic (exact) mass is 415 g/mol. The Balaban J connectivity index is 2.04. The predicted molar refractivity (Wildman–Crippen MR) is 107 cm³/mol. The van der Waals surface area contributed by atoms with E-state index in [0.29, 0.717) is 22.6 Å². The summed E-state index contributed by atoms with van der Waals surface area (Å²) in [5.41, 5.74) is 1.80. The zero-order valence-electron chi connectivity index (χ0n) is 17.1. The van der Waals surface area contributed by atoms with Crippen LogP contribution in [0.3, 0.4) is 0 Å². The molecule has 0 saturated carbocycles. The number of halogens is 2. The van der Waals surface area contributed by atoms with E-state index >= 15 is 0 Å². The quantitative estimate of drug-likeness (QED) is 0.659. The standard InChI is InChI=1S/C23H23F2NO4/c1-4-30-23(28)22-14(2)26(13-15-8-17(24)11-18(25)9-15)21(27)12-20(22)16-6-5-7-19(10-16)29-3/h5-11,20H,4,12-13H2,1-3H3. The maximum absolute atomic E-state index is 13.6. The molecule has 0 radical (unpaired) electrons. The van der Waals surface area contributed by atoms with E-state index in [-0.39, 0.29) is 25.5 Å². The van der Waals surface area contributed by atoms with Crippen LogP contribution in [0.4, 0.5) is 8.78 Å². The lowest BCUT2D eigenvalue weighted by Crippen LogP contribution is -2.38. The fraction of sp³-hybridized carbons (Fsp3) is 0.304. The molecule has 7 heteroatoms. The van der Waals surface area contributed by atoms with Crippen molar-refractivity contribution in [3.8, 4) is 5.75 Å². The first-order valence-corrected chi connectivity index (χ1v) is 9.61. The summed E-state index contributed by atoms with van der Waals surface area (Å²) in [7, 11) is 1.54. The number of allylic oxidation sites excluding steroid dienone is 1. The molecule has 1 heterocycles. The van der Waals surface area contributed by atoms with Crippen LogP contribution in [0.1, 0.15) is 37.3 Å². The number of esters is 1. The van der Waals surface area contributed by atoms with Gasteiger partial charge in [0.05, 0.1) is 25.8 Å². The Hall–Kier alpha value is -3.22. The van der Waals surface area contributed by atoms with Gasteiger partial charge in [-0.2, -0.15) is 0 Å². The minimum Gasteiger partial charge on any atom is -0.497 e. The molecule has 0 bridgehead atoms. The van der Waals surface area contributed by atoms with Crippen molar-refractivity contribution in [1.82, 2.24) is 4.90 Å². The largest absolute Gasteiger partial charge is 0.497 e. The van der Waals surface area contributed by atoms with Gasteiger partial charge in [0.25, 0.3) is 0 Å². The fourth-order valence-corrected chi connectivity index (χ4v) is 3.70. The SMILES string of the molecule is CCOC(=O)C1=C(C)N(Cc2cc(F)cc(F)c2)C(=O)CC1c1cccc(OC)c1. The van der Waals surface area contributed by atoms with Gasteiger partial charge in [-0.3, -0.25) is 4.79 Å². The number of hydrogen-bond acceptors (Lipinski definition) is 4. The summed E-state index contributed by atoms with van der Waals surface area (Å²) < 4.78 is 37.7. The molecule has 3 rings (SSSR count). The normalized spacial score (nSPS) is 16.6. The zero-order valence-corrected chi connectivity index (χ0v) is 17.1. The molecule has 1 atom stereocenters. The average molecular weight is 415 g/mol. The lowest BCUT2D eigenvalue weighted by Gasteiger charge is -2.34. The molecule has 158 valence electrons. The van der Waals surface area contributed by atoms with Gasteiger partial charge in [0.1, 0.15) is 17.4 Å². The molecule has 1 aliphatic heterocycles. The highest BCUT2D eigenvalue weighted by Crippen LogP contribution is 2.38. The molecule has 1 amide bonds. The maximum atomic E-state index is 13.6. The van der Waals surface area contributed by atoms with Crippen molar-refractivity contribution < 1.29 is 27.8 Å². The Labute approximate surface area is 173 Å². The van der Waals surface area contributed by atoms with Crippen LogP contribution in [-0.4, -0.2) is 30.5 Å². The van der Waals surface area contributed by atoms with Crippen molar-refractivity contribution in [2.24, 2.45) is 0 Å². The van der Waals surface area contributed by atoms with Gasteiger partial charge in [0.15, 0.2) is 0 Å². The minimum atomic E-state index is -0.726. The van der Waals surface area contributed by atoms with Crippen molar-refractivity contribution in [3.05, 3.63) is 76.5 Å². The highest BCUT2D eigenvalue weighted by Gasteiger charge is 2.37. The lowest BCUT2D eigenvalue weighted by molar-refractivity contribution is -0.140. The van der Waals surface area contributed by atoms with E-state index in [1.54, 1.807) is 39.2 Å². The van der Waals surface area contributed by atoms with Crippen LogP contribution in [0.5, 0.6) is 5.75 Å². The molecule has 1 aliphatic rings. The van der Waals surface area contributed by atoms with Crippen LogP contribution in [0.2, 0.25) is 0 Å². The fourth-order valence-electron chi connectivity index (χ4n) is 3.70. The predicted octanol–water partition coefficient (Wildman–Crippen LogP) is 4.33. The number of amides is 1.